The Labute approximate surface area is 398 Å². The van der Waals surface area contributed by atoms with E-state index in [0.717, 1.165) is 39.5 Å². The van der Waals surface area contributed by atoms with Crippen LogP contribution in [0.4, 0.5) is 0 Å². The third-order valence-corrected chi connectivity index (χ3v) is 12.0. The Bertz CT molecular complexity index is 1630. The molecule has 6 amide bonds. The minimum atomic E-state index is -5.18. The van der Waals surface area contributed by atoms with E-state index in [-0.39, 0.29) is 6.42 Å². The van der Waals surface area contributed by atoms with Crippen molar-refractivity contribution in [1.29, 1.82) is 0 Å². The number of imide groups is 2. The van der Waals surface area contributed by atoms with E-state index in [0.29, 0.717) is 16.2 Å². The van der Waals surface area contributed by atoms with Gasteiger partial charge in [0.15, 0.2) is 6.29 Å². The number of rotatable bonds is 35. The summed E-state index contributed by atoms with van der Waals surface area (Å²) >= 11 is 0. The van der Waals surface area contributed by atoms with Gasteiger partial charge in [-0.15, -0.1) is 0 Å². The van der Waals surface area contributed by atoms with Crippen LogP contribution in [0.1, 0.15) is 137 Å². The lowest BCUT2D eigenvalue weighted by Crippen LogP contribution is -2.63. The summed E-state index contributed by atoms with van der Waals surface area (Å²) in [6.07, 6.45) is 4.83. The van der Waals surface area contributed by atoms with Gasteiger partial charge in [-0.05, 0) is 33.6 Å². The first kappa shape index (κ1) is 62.5. The van der Waals surface area contributed by atoms with Crippen molar-refractivity contribution in [3.63, 3.8) is 0 Å². The van der Waals surface area contributed by atoms with Crippen LogP contribution >= 0.6 is 7.82 Å². The fourth-order valence-corrected chi connectivity index (χ4v) is 7.87. The maximum atomic E-state index is 14.1. The van der Waals surface area contributed by atoms with Gasteiger partial charge in [0.05, 0.1) is 37.9 Å². The summed E-state index contributed by atoms with van der Waals surface area (Å²) < 4.78 is 38.3. The van der Waals surface area contributed by atoms with Crippen LogP contribution in [0.15, 0.2) is 0 Å². The SMILES string of the molecule is CCCCCCCCCCCCCCCC(=O)OCC(O)COP(=O)(O)OCC(=O)N(CC(C)O[C@@H]1[C@@H](N)[C@@H](O)O[C@H](CO)[C@H]1O)C(=O)[C@H](C)N(C(C)=O)C(=O)CC[C@@H](NC(=O)[C@H](C)N)C(N)=O. The van der Waals surface area contributed by atoms with Crippen LogP contribution in [0.2, 0.25) is 0 Å². The number of primary amides is 1. The summed E-state index contributed by atoms with van der Waals surface area (Å²) in [6, 6.07) is -5.61. The standard InChI is InChI=1S/C43H79N6O18P/c1-6-7-8-9-10-11-12-13-14-15-16-17-18-19-36(55)63-24-31(52)25-64-68(61,62)65-26-35(54)48(22-27(2)66-39-37(45)43(60)67-33(23-50)38(39)56)42(59)29(4)49(30(5)51)34(53)21-20-32(40(46)57)47-41(58)28(3)44/h27-29,31-33,37-39,43,50,52,56,60H,6-26,44-45H2,1-5H3,(H2,46,57)(H,47,58)(H,61,62)/t27?,28-,29-,31?,32+,33+,37+,38+,39+,43-/m0/s1. The molecule has 0 saturated carbocycles. The van der Waals surface area contributed by atoms with Crippen molar-refractivity contribution in [3.8, 4) is 0 Å². The number of carbonyl (C=O) groups is 7. The van der Waals surface area contributed by atoms with E-state index in [1.807, 2.05) is 0 Å². The van der Waals surface area contributed by atoms with E-state index < -0.39 is 156 Å². The first-order valence-electron chi connectivity index (χ1n) is 23.5. The zero-order valence-electron chi connectivity index (χ0n) is 40.2. The number of aliphatic hydroxyl groups is 4. The lowest BCUT2D eigenvalue weighted by molar-refractivity contribution is -0.263. The molecule has 1 saturated heterocycles. The number of amides is 6. The summed E-state index contributed by atoms with van der Waals surface area (Å²) in [5, 5.41) is 43.1. The highest BCUT2D eigenvalue weighted by atomic mass is 31.2. The summed E-state index contributed by atoms with van der Waals surface area (Å²) in [6.45, 7) is 2.53. The lowest BCUT2D eigenvalue weighted by atomic mass is 9.97. The number of phosphoric acid groups is 1. The number of carbonyl (C=O) groups excluding carboxylic acids is 7. The first-order valence-corrected chi connectivity index (χ1v) is 25.0. The topological polar surface area (TPSA) is 380 Å². The van der Waals surface area contributed by atoms with Crippen LogP contribution in [0.3, 0.4) is 0 Å². The molecule has 0 spiro atoms. The number of aliphatic hydroxyl groups excluding tert-OH is 4. The van der Waals surface area contributed by atoms with E-state index in [2.05, 4.69) is 12.2 Å². The van der Waals surface area contributed by atoms with Crippen LogP contribution < -0.4 is 22.5 Å². The van der Waals surface area contributed by atoms with Gasteiger partial charge in [0.1, 0.15) is 49.7 Å². The summed E-state index contributed by atoms with van der Waals surface area (Å²) in [7, 11) is -5.18. The highest BCUT2D eigenvalue weighted by Crippen LogP contribution is 2.43. The molecule has 0 aromatic carbocycles. The van der Waals surface area contributed by atoms with E-state index in [9.17, 15) is 63.4 Å². The number of hydrogen-bond acceptors (Lipinski definition) is 19. The molecule has 0 aromatic rings. The highest BCUT2D eigenvalue weighted by Gasteiger charge is 2.45. The summed E-state index contributed by atoms with van der Waals surface area (Å²) in [5.74, 6) is -7.00. The average Bonchev–Trinajstić information content (AvgIpc) is 3.28. The molecule has 24 nitrogen and oxygen atoms in total. The predicted octanol–water partition coefficient (Wildman–Crippen LogP) is -0.107. The Kier molecular flexibility index (Phi) is 30.5. The van der Waals surface area contributed by atoms with Crippen molar-refractivity contribution in [2.75, 3.05) is 33.0 Å². The maximum Gasteiger partial charge on any atom is 0.472 e. The first-order chi connectivity index (χ1) is 32.0. The minimum Gasteiger partial charge on any atom is -0.463 e. The zero-order chi connectivity index (χ0) is 51.6. The van der Waals surface area contributed by atoms with Crippen LogP contribution in [-0.4, -0.2) is 170 Å². The molecular formula is C43H79N6O18P. The molecule has 12 N–H and O–H groups in total. The molecule has 1 rings (SSSR count). The molecule has 0 aliphatic carbocycles. The van der Waals surface area contributed by atoms with Crippen LogP contribution in [0.25, 0.3) is 0 Å². The van der Waals surface area contributed by atoms with Crippen molar-refractivity contribution in [3.05, 3.63) is 0 Å². The van der Waals surface area contributed by atoms with Crippen LogP contribution in [-0.2, 0) is 61.4 Å². The van der Waals surface area contributed by atoms with Crippen molar-refractivity contribution < 1.29 is 86.7 Å². The Hall–Kier alpha value is -3.52. The van der Waals surface area contributed by atoms with Gasteiger partial charge in [0.25, 0.3) is 11.8 Å². The van der Waals surface area contributed by atoms with Gasteiger partial charge < -0.3 is 62.0 Å². The monoisotopic (exact) mass is 999 g/mol. The smallest absolute Gasteiger partial charge is 0.463 e. The van der Waals surface area contributed by atoms with E-state index in [1.165, 1.54) is 65.2 Å². The number of nitrogens with zero attached hydrogens (tertiary/aromatic N) is 2. The third-order valence-electron chi connectivity index (χ3n) is 11.1. The normalized spacial score (nSPS) is 21.3. The predicted molar refractivity (Wildman–Crippen MR) is 243 cm³/mol. The molecule has 1 aliphatic rings. The molecular weight excluding hydrogens is 919 g/mol. The molecule has 3 unspecified atom stereocenters. The van der Waals surface area contributed by atoms with Gasteiger partial charge in [-0.3, -0.25) is 52.4 Å². The Morgan fingerprint density at radius 3 is 1.91 bits per heavy atom. The van der Waals surface area contributed by atoms with Crippen molar-refractivity contribution in [2.24, 2.45) is 17.2 Å². The molecule has 25 heteroatoms. The number of ether oxygens (including phenoxy) is 3. The van der Waals surface area contributed by atoms with Crippen LogP contribution in [0.5, 0.6) is 0 Å². The van der Waals surface area contributed by atoms with Gasteiger partial charge in [-0.1, -0.05) is 84.0 Å². The van der Waals surface area contributed by atoms with Crippen LogP contribution in [0, 0.1) is 0 Å². The Balaban J connectivity index is 2.94. The molecule has 0 bridgehead atoms. The minimum absolute atomic E-state index is 0.114. The molecule has 11 atom stereocenters. The van der Waals surface area contributed by atoms with Gasteiger partial charge in [-0.2, -0.15) is 0 Å². The number of phosphoric ester groups is 1. The largest absolute Gasteiger partial charge is 0.472 e. The Morgan fingerprint density at radius 1 is 0.838 bits per heavy atom. The van der Waals surface area contributed by atoms with E-state index in [1.54, 1.807) is 0 Å². The number of unbranched alkanes of at least 4 members (excludes halogenated alkanes) is 12. The van der Waals surface area contributed by atoms with Gasteiger partial charge in [-0.25, -0.2) is 4.57 Å². The Morgan fingerprint density at radius 2 is 1.40 bits per heavy atom. The quantitative estimate of drug-likeness (QED) is 0.0227. The zero-order valence-corrected chi connectivity index (χ0v) is 41.1. The van der Waals surface area contributed by atoms with E-state index >= 15 is 0 Å². The van der Waals surface area contributed by atoms with Gasteiger partial charge >= 0.3 is 13.8 Å². The fourth-order valence-electron chi connectivity index (χ4n) is 7.16. The molecule has 394 valence electrons. The molecule has 1 fully saturated rings. The number of nitrogens with two attached hydrogens (primary N) is 3. The third kappa shape index (κ3) is 23.9. The number of nitrogens with one attached hydrogen (secondary N) is 1. The number of hydrogen-bond donors (Lipinski definition) is 9. The lowest BCUT2D eigenvalue weighted by Gasteiger charge is -2.42. The highest BCUT2D eigenvalue weighted by molar-refractivity contribution is 7.47. The van der Waals surface area contributed by atoms with Crippen molar-refractivity contribution >= 4 is 49.2 Å². The summed E-state index contributed by atoms with van der Waals surface area (Å²) in [5.41, 5.74) is 16.9. The fraction of sp³-hybridized carbons (Fsp3) is 0.837. The summed E-state index contributed by atoms with van der Waals surface area (Å²) in [4.78, 5) is 101. The molecule has 0 radical (unpaired) electrons. The second kappa shape index (κ2) is 33.1. The molecule has 1 heterocycles. The maximum absolute atomic E-state index is 14.1. The van der Waals surface area contributed by atoms with Gasteiger partial charge in [0.2, 0.25) is 23.6 Å². The second-order valence-electron chi connectivity index (χ2n) is 17.2. The molecule has 1 aliphatic heterocycles. The van der Waals surface area contributed by atoms with Gasteiger partial charge in [0, 0.05) is 19.8 Å². The van der Waals surface area contributed by atoms with Crippen molar-refractivity contribution in [1.82, 2.24) is 15.1 Å². The molecule has 68 heavy (non-hydrogen) atoms. The van der Waals surface area contributed by atoms with Crippen molar-refractivity contribution in [2.45, 2.75) is 198 Å². The average molecular weight is 999 g/mol. The number of esters is 1. The second-order valence-corrected chi connectivity index (χ2v) is 18.6. The van der Waals surface area contributed by atoms with E-state index in [4.69, 9.17) is 40.5 Å². The molecule has 0 aromatic heterocycles.